The second-order valence-electron chi connectivity index (χ2n) is 6.82. The summed E-state index contributed by atoms with van der Waals surface area (Å²) < 4.78 is 11.2. The molecule has 0 unspecified atom stereocenters. The highest BCUT2D eigenvalue weighted by Crippen LogP contribution is 2.33. The van der Waals surface area contributed by atoms with Crippen LogP contribution in [0.1, 0.15) is 21.9 Å². The topological polar surface area (TPSA) is 76.6 Å². The summed E-state index contributed by atoms with van der Waals surface area (Å²) in [5.74, 6) is 2.31. The number of carbonyl (C=O) groups is 1. The van der Waals surface area contributed by atoms with E-state index >= 15 is 0 Å². The van der Waals surface area contributed by atoms with Gasteiger partial charge in [-0.25, -0.2) is 9.97 Å². The van der Waals surface area contributed by atoms with Gasteiger partial charge >= 0.3 is 0 Å². The van der Waals surface area contributed by atoms with Gasteiger partial charge in [-0.3, -0.25) is 4.79 Å². The van der Waals surface area contributed by atoms with Crippen molar-refractivity contribution in [2.75, 3.05) is 25.6 Å². The molecule has 1 aromatic heterocycles. The van der Waals surface area contributed by atoms with Gasteiger partial charge in [-0.2, -0.15) is 0 Å². The van der Waals surface area contributed by atoms with E-state index in [1.807, 2.05) is 48.5 Å². The van der Waals surface area contributed by atoms with Crippen LogP contribution in [0.25, 0.3) is 0 Å². The average molecular weight is 390 g/mol. The Kier molecular flexibility index (Phi) is 5.29. The number of hydrogen-bond acceptors (Lipinski definition) is 6. The van der Waals surface area contributed by atoms with Gasteiger partial charge in [0.1, 0.15) is 30.5 Å². The summed E-state index contributed by atoms with van der Waals surface area (Å²) in [6.07, 6.45) is 0. The maximum atomic E-state index is 12.9. The van der Waals surface area contributed by atoms with Crippen molar-refractivity contribution in [1.29, 1.82) is 0 Å². The van der Waals surface area contributed by atoms with Crippen LogP contribution >= 0.6 is 0 Å². The van der Waals surface area contributed by atoms with Crippen LogP contribution < -0.4 is 14.8 Å². The SMILES string of the molecule is Cc1nc(Nc2ccc3c(c2)OCCO3)cc(C(=O)N(C)Cc2ccccc2)n1. The van der Waals surface area contributed by atoms with Gasteiger partial charge in [0.15, 0.2) is 11.5 Å². The molecule has 0 saturated carbocycles. The fourth-order valence-electron chi connectivity index (χ4n) is 3.13. The van der Waals surface area contributed by atoms with Crippen molar-refractivity contribution in [3.8, 4) is 11.5 Å². The van der Waals surface area contributed by atoms with Crippen molar-refractivity contribution in [2.45, 2.75) is 13.5 Å². The Morgan fingerprint density at radius 1 is 1.03 bits per heavy atom. The Bertz CT molecular complexity index is 1020. The van der Waals surface area contributed by atoms with Crippen LogP contribution in [0.15, 0.2) is 54.6 Å². The number of amides is 1. The molecule has 2 aromatic carbocycles. The van der Waals surface area contributed by atoms with Crippen molar-refractivity contribution < 1.29 is 14.3 Å². The number of aromatic nitrogens is 2. The van der Waals surface area contributed by atoms with Gasteiger partial charge < -0.3 is 19.7 Å². The summed E-state index contributed by atoms with van der Waals surface area (Å²) in [7, 11) is 1.76. The minimum absolute atomic E-state index is 0.162. The first-order chi connectivity index (χ1) is 14.1. The molecule has 7 heteroatoms. The van der Waals surface area contributed by atoms with Gasteiger partial charge in [-0.05, 0) is 24.6 Å². The molecule has 0 spiro atoms. The van der Waals surface area contributed by atoms with E-state index in [2.05, 4.69) is 15.3 Å². The van der Waals surface area contributed by atoms with Crippen molar-refractivity contribution >= 4 is 17.4 Å². The van der Waals surface area contributed by atoms with Gasteiger partial charge in [0.05, 0.1) is 0 Å². The van der Waals surface area contributed by atoms with Crippen LogP contribution in [-0.4, -0.2) is 41.0 Å². The van der Waals surface area contributed by atoms with Crippen LogP contribution in [0.5, 0.6) is 11.5 Å². The van der Waals surface area contributed by atoms with Gasteiger partial charge in [-0.1, -0.05) is 30.3 Å². The lowest BCUT2D eigenvalue weighted by Crippen LogP contribution is -2.27. The molecule has 0 saturated heterocycles. The summed E-state index contributed by atoms with van der Waals surface area (Å²) in [6, 6.07) is 17.1. The van der Waals surface area contributed by atoms with Gasteiger partial charge in [0.2, 0.25) is 0 Å². The van der Waals surface area contributed by atoms with Crippen LogP contribution in [0, 0.1) is 6.92 Å². The highest BCUT2D eigenvalue weighted by atomic mass is 16.6. The third-order valence-corrected chi connectivity index (χ3v) is 4.48. The lowest BCUT2D eigenvalue weighted by molar-refractivity contribution is 0.0779. The average Bonchev–Trinajstić information content (AvgIpc) is 2.73. The number of ether oxygens (including phenoxy) is 2. The molecule has 1 aliphatic heterocycles. The first-order valence-corrected chi connectivity index (χ1v) is 9.40. The van der Waals surface area contributed by atoms with E-state index in [0.717, 1.165) is 17.0 Å². The molecule has 2 heterocycles. The molecule has 29 heavy (non-hydrogen) atoms. The summed E-state index contributed by atoms with van der Waals surface area (Å²) in [6.45, 7) is 3.35. The Labute approximate surface area is 169 Å². The summed E-state index contributed by atoms with van der Waals surface area (Å²) in [4.78, 5) is 23.2. The van der Waals surface area contributed by atoms with Crippen molar-refractivity contribution in [3.05, 3.63) is 71.7 Å². The third kappa shape index (κ3) is 4.45. The second-order valence-corrected chi connectivity index (χ2v) is 6.82. The molecule has 1 aliphatic rings. The normalized spacial score (nSPS) is 12.3. The zero-order valence-electron chi connectivity index (χ0n) is 16.4. The lowest BCUT2D eigenvalue weighted by atomic mass is 10.2. The molecule has 0 aliphatic carbocycles. The van der Waals surface area contributed by atoms with Gasteiger partial charge in [0, 0.05) is 31.4 Å². The van der Waals surface area contributed by atoms with E-state index in [1.165, 1.54) is 0 Å². The molecule has 0 radical (unpaired) electrons. The summed E-state index contributed by atoms with van der Waals surface area (Å²) in [5.41, 5.74) is 2.20. The maximum absolute atomic E-state index is 12.9. The van der Waals surface area contributed by atoms with E-state index in [4.69, 9.17) is 9.47 Å². The molecular formula is C22H22N4O3. The molecule has 1 N–H and O–H groups in total. The number of aryl methyl sites for hydroxylation is 1. The van der Waals surface area contributed by atoms with Gasteiger partial charge in [0.25, 0.3) is 5.91 Å². The predicted molar refractivity (Wildman–Crippen MR) is 110 cm³/mol. The minimum atomic E-state index is -0.162. The van der Waals surface area contributed by atoms with E-state index in [1.54, 1.807) is 24.9 Å². The van der Waals surface area contributed by atoms with E-state index in [9.17, 15) is 4.79 Å². The number of fused-ring (bicyclic) bond motifs is 1. The molecule has 7 nitrogen and oxygen atoms in total. The van der Waals surface area contributed by atoms with E-state index in [0.29, 0.717) is 42.8 Å². The van der Waals surface area contributed by atoms with E-state index < -0.39 is 0 Å². The quantitative estimate of drug-likeness (QED) is 0.718. The maximum Gasteiger partial charge on any atom is 0.272 e. The van der Waals surface area contributed by atoms with Crippen molar-refractivity contribution in [1.82, 2.24) is 14.9 Å². The van der Waals surface area contributed by atoms with Crippen LogP contribution in [-0.2, 0) is 6.54 Å². The zero-order chi connectivity index (χ0) is 20.2. The molecular weight excluding hydrogens is 368 g/mol. The summed E-state index contributed by atoms with van der Waals surface area (Å²) in [5, 5.41) is 3.22. The number of rotatable bonds is 5. The zero-order valence-corrected chi connectivity index (χ0v) is 16.4. The third-order valence-electron chi connectivity index (χ3n) is 4.48. The largest absolute Gasteiger partial charge is 0.486 e. The molecule has 1 amide bonds. The molecule has 0 atom stereocenters. The Morgan fingerprint density at radius 3 is 2.59 bits per heavy atom. The number of carbonyl (C=O) groups excluding carboxylic acids is 1. The lowest BCUT2D eigenvalue weighted by Gasteiger charge is -2.19. The monoisotopic (exact) mass is 390 g/mol. The minimum Gasteiger partial charge on any atom is -0.486 e. The first kappa shape index (κ1) is 18.7. The van der Waals surface area contributed by atoms with Crippen LogP contribution in [0.4, 0.5) is 11.5 Å². The fraction of sp³-hybridized carbons (Fsp3) is 0.227. The number of hydrogen-bond donors (Lipinski definition) is 1. The smallest absolute Gasteiger partial charge is 0.272 e. The number of nitrogens with zero attached hydrogens (tertiary/aromatic N) is 3. The van der Waals surface area contributed by atoms with Crippen molar-refractivity contribution in [3.63, 3.8) is 0 Å². The standard InChI is InChI=1S/C22H22N4O3/c1-15-23-18(22(27)26(2)14-16-6-4-3-5-7-16)13-21(24-15)25-17-8-9-19-20(12-17)29-11-10-28-19/h3-9,12-13H,10-11,14H2,1-2H3,(H,23,24,25). The number of nitrogens with one attached hydrogen (secondary N) is 1. The van der Waals surface area contributed by atoms with Crippen LogP contribution in [0.3, 0.4) is 0 Å². The van der Waals surface area contributed by atoms with Crippen LogP contribution in [0.2, 0.25) is 0 Å². The Hall–Kier alpha value is -3.61. The highest BCUT2D eigenvalue weighted by molar-refractivity contribution is 5.93. The Morgan fingerprint density at radius 2 is 1.79 bits per heavy atom. The summed E-state index contributed by atoms with van der Waals surface area (Å²) >= 11 is 0. The molecule has 0 bridgehead atoms. The van der Waals surface area contributed by atoms with Gasteiger partial charge in [-0.15, -0.1) is 0 Å². The molecule has 4 rings (SSSR count). The number of anilines is 2. The fourth-order valence-corrected chi connectivity index (χ4v) is 3.13. The second kappa shape index (κ2) is 8.18. The first-order valence-electron chi connectivity index (χ1n) is 9.40. The predicted octanol–water partition coefficient (Wildman–Crippen LogP) is 3.57. The molecule has 0 fully saturated rings. The number of benzene rings is 2. The molecule has 3 aromatic rings. The van der Waals surface area contributed by atoms with Crippen molar-refractivity contribution in [2.24, 2.45) is 0 Å². The molecule has 148 valence electrons. The van der Waals surface area contributed by atoms with E-state index in [-0.39, 0.29) is 5.91 Å². The Balaban J connectivity index is 1.52. The highest BCUT2D eigenvalue weighted by Gasteiger charge is 2.17.